The molecule has 6 heteroatoms. The van der Waals surface area contributed by atoms with Crippen LogP contribution >= 0.6 is 0 Å². The van der Waals surface area contributed by atoms with Gasteiger partial charge in [0.2, 0.25) is 0 Å². The molecule has 0 spiro atoms. The first kappa shape index (κ1) is 19.2. The van der Waals surface area contributed by atoms with E-state index in [0.717, 1.165) is 18.1 Å². The number of phenols is 2. The van der Waals surface area contributed by atoms with Crippen LogP contribution in [0.2, 0.25) is 0 Å². The number of hydrogen-bond acceptors (Lipinski definition) is 6. The maximum absolute atomic E-state index is 13.0. The number of benzene rings is 2. The lowest BCUT2D eigenvalue weighted by Crippen LogP contribution is -2.17. The zero-order valence-corrected chi connectivity index (χ0v) is 15.8. The molecule has 29 heavy (non-hydrogen) atoms. The smallest absolute Gasteiger partial charge is 0.342 e. The standard InChI is InChI=1S/C23H22O6/c24-16-8-4-5-9-19-21(28-19)13-20(14-6-2-1-3-7-14)29-23(27)22-15(10-16)11-17(25)12-18(22)26/h1-4,6-8,11-12,19-21,25-26H,5,9-10,13H2/t19?,20-,21?/m0/s1. The molecule has 0 saturated carbocycles. The minimum atomic E-state index is -0.739. The fourth-order valence-electron chi connectivity index (χ4n) is 3.73. The topological polar surface area (TPSA) is 96.4 Å². The third-order valence-electron chi connectivity index (χ3n) is 5.23. The number of esters is 1. The molecule has 2 unspecified atom stereocenters. The van der Waals surface area contributed by atoms with E-state index < -0.39 is 17.8 Å². The van der Waals surface area contributed by atoms with Gasteiger partial charge in [0, 0.05) is 18.9 Å². The number of rotatable bonds is 1. The summed E-state index contributed by atoms with van der Waals surface area (Å²) < 4.78 is 11.5. The number of epoxide rings is 1. The lowest BCUT2D eigenvalue weighted by Gasteiger charge is -2.19. The Kier molecular flexibility index (Phi) is 5.36. The normalized spacial score (nSPS) is 24.8. The molecule has 0 radical (unpaired) electrons. The van der Waals surface area contributed by atoms with Gasteiger partial charge in [0.05, 0.1) is 12.2 Å². The van der Waals surface area contributed by atoms with Gasteiger partial charge in [-0.15, -0.1) is 0 Å². The number of aromatic hydroxyl groups is 2. The minimum absolute atomic E-state index is 0.0204. The summed E-state index contributed by atoms with van der Waals surface area (Å²) in [5.41, 5.74) is 0.959. The molecule has 0 aliphatic carbocycles. The molecule has 2 heterocycles. The Morgan fingerprint density at radius 2 is 1.79 bits per heavy atom. The number of ether oxygens (including phenoxy) is 2. The monoisotopic (exact) mass is 394 g/mol. The zero-order valence-electron chi connectivity index (χ0n) is 15.8. The van der Waals surface area contributed by atoms with Crippen LogP contribution in [0, 0.1) is 0 Å². The van der Waals surface area contributed by atoms with E-state index in [2.05, 4.69) is 0 Å². The molecule has 0 amide bonds. The van der Waals surface area contributed by atoms with Crippen LogP contribution in [0.5, 0.6) is 11.5 Å². The predicted octanol–water partition coefficient (Wildman–Crippen LogP) is 3.62. The first-order chi connectivity index (χ1) is 14.0. The maximum atomic E-state index is 13.0. The van der Waals surface area contributed by atoms with Gasteiger partial charge in [-0.3, -0.25) is 4.79 Å². The number of phenolic OH excluding ortho intramolecular Hbond substituents is 2. The van der Waals surface area contributed by atoms with Gasteiger partial charge in [-0.1, -0.05) is 36.4 Å². The Morgan fingerprint density at radius 3 is 2.59 bits per heavy atom. The molecule has 150 valence electrons. The molecule has 0 aromatic heterocycles. The lowest BCUT2D eigenvalue weighted by atomic mass is 9.98. The van der Waals surface area contributed by atoms with Crippen molar-refractivity contribution in [2.75, 3.05) is 0 Å². The van der Waals surface area contributed by atoms with Crippen molar-refractivity contribution >= 4 is 11.8 Å². The predicted molar refractivity (Wildman–Crippen MR) is 105 cm³/mol. The number of hydrogen-bond donors (Lipinski definition) is 2. The average molecular weight is 394 g/mol. The van der Waals surface area contributed by atoms with Crippen LogP contribution < -0.4 is 0 Å². The fourth-order valence-corrected chi connectivity index (χ4v) is 3.73. The van der Waals surface area contributed by atoms with Crippen molar-refractivity contribution in [1.29, 1.82) is 0 Å². The summed E-state index contributed by atoms with van der Waals surface area (Å²) in [7, 11) is 0. The summed E-state index contributed by atoms with van der Waals surface area (Å²) in [5.74, 6) is -1.60. The molecule has 0 bridgehead atoms. The molecule has 3 atom stereocenters. The molecule has 2 aliphatic heterocycles. The number of carbonyl (C=O) groups is 2. The Hall–Kier alpha value is -3.12. The Balaban J connectivity index is 1.71. The molecule has 2 aliphatic rings. The third-order valence-corrected chi connectivity index (χ3v) is 5.23. The van der Waals surface area contributed by atoms with E-state index in [-0.39, 0.29) is 41.3 Å². The van der Waals surface area contributed by atoms with Crippen molar-refractivity contribution < 1.29 is 29.3 Å². The lowest BCUT2D eigenvalue weighted by molar-refractivity contribution is -0.114. The minimum Gasteiger partial charge on any atom is -0.508 e. The maximum Gasteiger partial charge on any atom is 0.342 e. The summed E-state index contributed by atoms with van der Waals surface area (Å²) >= 11 is 0. The van der Waals surface area contributed by atoms with E-state index in [4.69, 9.17) is 9.47 Å². The number of ketones is 1. The van der Waals surface area contributed by atoms with E-state index in [1.807, 2.05) is 30.3 Å². The summed E-state index contributed by atoms with van der Waals surface area (Å²) in [6.45, 7) is 0. The van der Waals surface area contributed by atoms with Crippen LogP contribution in [0.15, 0.2) is 54.6 Å². The van der Waals surface area contributed by atoms with E-state index in [9.17, 15) is 19.8 Å². The number of carbonyl (C=O) groups excluding carboxylic acids is 2. The van der Waals surface area contributed by atoms with Crippen molar-refractivity contribution in [1.82, 2.24) is 0 Å². The van der Waals surface area contributed by atoms with Gasteiger partial charge in [0.1, 0.15) is 23.2 Å². The quantitative estimate of drug-likeness (QED) is 0.567. The molecule has 2 aromatic rings. The van der Waals surface area contributed by atoms with Gasteiger partial charge in [-0.2, -0.15) is 0 Å². The second-order valence-electron chi connectivity index (χ2n) is 7.38. The van der Waals surface area contributed by atoms with E-state index in [1.54, 1.807) is 6.08 Å². The van der Waals surface area contributed by atoms with Gasteiger partial charge in [-0.05, 0) is 36.1 Å². The summed E-state index contributed by atoms with van der Waals surface area (Å²) in [6.07, 6.45) is 4.66. The molecular formula is C23H22O6. The van der Waals surface area contributed by atoms with Crippen LogP contribution in [0.3, 0.4) is 0 Å². The Labute approximate surface area is 168 Å². The highest BCUT2D eigenvalue weighted by Crippen LogP contribution is 2.38. The highest BCUT2D eigenvalue weighted by molar-refractivity contribution is 5.98. The highest BCUT2D eigenvalue weighted by atomic mass is 16.6. The van der Waals surface area contributed by atoms with Crippen molar-refractivity contribution in [3.8, 4) is 11.5 Å². The Bertz CT molecular complexity index is 949. The van der Waals surface area contributed by atoms with Crippen molar-refractivity contribution in [3.63, 3.8) is 0 Å². The van der Waals surface area contributed by atoms with Gasteiger partial charge < -0.3 is 19.7 Å². The molecule has 1 saturated heterocycles. The molecule has 6 nitrogen and oxygen atoms in total. The first-order valence-corrected chi connectivity index (χ1v) is 9.67. The number of allylic oxidation sites excluding steroid dienone is 2. The first-order valence-electron chi connectivity index (χ1n) is 9.67. The van der Waals surface area contributed by atoms with Crippen molar-refractivity contribution in [3.05, 3.63) is 71.3 Å². The largest absolute Gasteiger partial charge is 0.508 e. The molecular weight excluding hydrogens is 372 g/mol. The SMILES string of the molecule is O=C1C=CCCC2OC2C[C@@H](c2ccccc2)OC(=O)c2c(O)cc(O)cc2C1. The number of cyclic esters (lactones) is 1. The van der Waals surface area contributed by atoms with Crippen LogP contribution in [-0.4, -0.2) is 34.2 Å². The van der Waals surface area contributed by atoms with Crippen molar-refractivity contribution in [2.24, 2.45) is 0 Å². The molecule has 4 rings (SSSR count). The Morgan fingerprint density at radius 1 is 1.00 bits per heavy atom. The molecule has 2 N–H and O–H groups in total. The van der Waals surface area contributed by atoms with Crippen LogP contribution in [0.1, 0.15) is 46.9 Å². The van der Waals surface area contributed by atoms with Crippen molar-refractivity contribution in [2.45, 2.75) is 44.0 Å². The van der Waals surface area contributed by atoms with Gasteiger partial charge >= 0.3 is 5.97 Å². The van der Waals surface area contributed by atoms with Gasteiger partial charge in [0.15, 0.2) is 5.78 Å². The van der Waals surface area contributed by atoms with Gasteiger partial charge in [-0.25, -0.2) is 4.79 Å². The average Bonchev–Trinajstić information content (AvgIpc) is 3.42. The third kappa shape index (κ3) is 4.49. The zero-order chi connectivity index (χ0) is 20.4. The van der Waals surface area contributed by atoms with Crippen LogP contribution in [-0.2, 0) is 20.7 Å². The summed E-state index contributed by atoms with van der Waals surface area (Å²) in [4.78, 5) is 25.3. The van der Waals surface area contributed by atoms with Crippen LogP contribution in [0.25, 0.3) is 0 Å². The van der Waals surface area contributed by atoms with Gasteiger partial charge in [0.25, 0.3) is 0 Å². The summed E-state index contributed by atoms with van der Waals surface area (Å²) in [6, 6.07) is 11.8. The van der Waals surface area contributed by atoms with E-state index in [1.165, 1.54) is 12.1 Å². The molecule has 2 aromatic carbocycles. The second kappa shape index (κ2) is 8.09. The molecule has 1 fully saturated rings. The van der Waals surface area contributed by atoms with Crippen LogP contribution in [0.4, 0.5) is 0 Å². The fraction of sp³-hybridized carbons (Fsp3) is 0.304. The number of fused-ring (bicyclic) bond motifs is 2. The second-order valence-corrected chi connectivity index (χ2v) is 7.38. The van der Waals surface area contributed by atoms with E-state index >= 15 is 0 Å². The highest BCUT2D eigenvalue weighted by Gasteiger charge is 2.41. The summed E-state index contributed by atoms with van der Waals surface area (Å²) in [5, 5.41) is 20.1. The van der Waals surface area contributed by atoms with E-state index in [0.29, 0.717) is 12.8 Å².